The smallest absolute Gasteiger partial charge is 0.246 e. The van der Waals surface area contributed by atoms with E-state index in [0.717, 1.165) is 22.6 Å². The molecule has 2 aromatic rings. The summed E-state index contributed by atoms with van der Waals surface area (Å²) in [5.41, 5.74) is 1.91. The van der Waals surface area contributed by atoms with Crippen LogP contribution in [0.1, 0.15) is 18.1 Å². The first-order chi connectivity index (χ1) is 12.2. The van der Waals surface area contributed by atoms with E-state index in [9.17, 15) is 4.79 Å². The molecule has 0 saturated carbocycles. The Bertz CT molecular complexity index is 788. The van der Waals surface area contributed by atoms with Gasteiger partial charge in [0, 0.05) is 24.2 Å². The zero-order valence-electron chi connectivity index (χ0n) is 14.1. The molecule has 3 rings (SSSR count). The van der Waals surface area contributed by atoms with E-state index in [0.29, 0.717) is 31.3 Å². The molecule has 0 aliphatic carbocycles. The maximum absolute atomic E-state index is 12.5. The third-order valence-corrected chi connectivity index (χ3v) is 4.18. The number of halogens is 1. The minimum absolute atomic E-state index is 0.0441. The Labute approximate surface area is 152 Å². The molecule has 0 unspecified atom stereocenters. The fourth-order valence-corrected chi connectivity index (χ4v) is 2.83. The summed E-state index contributed by atoms with van der Waals surface area (Å²) >= 11 is 5.96. The number of benzene rings is 2. The van der Waals surface area contributed by atoms with Gasteiger partial charge >= 0.3 is 0 Å². The zero-order valence-corrected chi connectivity index (χ0v) is 14.8. The molecule has 0 bridgehead atoms. The van der Waals surface area contributed by atoms with Gasteiger partial charge in [-0.2, -0.15) is 0 Å². The first-order valence-corrected chi connectivity index (χ1v) is 8.64. The number of rotatable bonds is 5. The van der Waals surface area contributed by atoms with Crippen LogP contribution in [0.15, 0.2) is 48.5 Å². The summed E-state index contributed by atoms with van der Waals surface area (Å²) in [5.74, 6) is 1.45. The largest absolute Gasteiger partial charge is 0.486 e. The van der Waals surface area contributed by atoms with E-state index in [2.05, 4.69) is 0 Å². The lowest BCUT2D eigenvalue weighted by molar-refractivity contribution is -0.126. The summed E-state index contributed by atoms with van der Waals surface area (Å²) in [6, 6.07) is 13.2. The van der Waals surface area contributed by atoms with Crippen LogP contribution in [0.3, 0.4) is 0 Å². The SMILES string of the molecule is CCN(Cc1ccc2c(c1)OCCO2)C(=O)/C=C/c1cccc(Cl)c1. The minimum atomic E-state index is -0.0441. The maximum Gasteiger partial charge on any atom is 0.246 e. The predicted molar refractivity (Wildman–Crippen MR) is 99.0 cm³/mol. The van der Waals surface area contributed by atoms with Crippen molar-refractivity contribution in [2.45, 2.75) is 13.5 Å². The van der Waals surface area contributed by atoms with Crippen molar-refractivity contribution in [3.8, 4) is 11.5 Å². The van der Waals surface area contributed by atoms with Gasteiger partial charge in [0.25, 0.3) is 0 Å². The molecule has 1 aliphatic rings. The lowest BCUT2D eigenvalue weighted by Crippen LogP contribution is -2.28. The number of nitrogens with zero attached hydrogens (tertiary/aromatic N) is 1. The van der Waals surface area contributed by atoms with Gasteiger partial charge in [0.2, 0.25) is 5.91 Å². The molecule has 0 fully saturated rings. The fourth-order valence-electron chi connectivity index (χ4n) is 2.64. The molecule has 0 spiro atoms. The number of carbonyl (C=O) groups is 1. The van der Waals surface area contributed by atoms with Crippen molar-refractivity contribution in [2.75, 3.05) is 19.8 Å². The Morgan fingerprint density at radius 3 is 2.72 bits per heavy atom. The Kier molecular flexibility index (Phi) is 5.61. The fraction of sp³-hybridized carbons (Fsp3) is 0.250. The van der Waals surface area contributed by atoms with Crippen molar-refractivity contribution in [1.82, 2.24) is 4.90 Å². The Morgan fingerprint density at radius 2 is 1.96 bits per heavy atom. The number of likely N-dealkylation sites (N-methyl/N-ethyl adjacent to an activating group) is 1. The van der Waals surface area contributed by atoms with Crippen molar-refractivity contribution >= 4 is 23.6 Å². The molecule has 25 heavy (non-hydrogen) atoms. The van der Waals surface area contributed by atoms with Crippen molar-refractivity contribution < 1.29 is 14.3 Å². The molecule has 0 N–H and O–H groups in total. The summed E-state index contributed by atoms with van der Waals surface area (Å²) < 4.78 is 11.1. The molecule has 0 aromatic heterocycles. The second-order valence-electron chi connectivity index (χ2n) is 5.72. The van der Waals surface area contributed by atoms with Crippen LogP contribution in [-0.2, 0) is 11.3 Å². The van der Waals surface area contributed by atoms with Crippen LogP contribution < -0.4 is 9.47 Å². The van der Waals surface area contributed by atoms with Gasteiger partial charge in [-0.3, -0.25) is 4.79 Å². The maximum atomic E-state index is 12.5. The Morgan fingerprint density at radius 1 is 1.16 bits per heavy atom. The van der Waals surface area contributed by atoms with Crippen LogP contribution in [0.2, 0.25) is 5.02 Å². The van der Waals surface area contributed by atoms with E-state index in [1.54, 1.807) is 23.1 Å². The summed E-state index contributed by atoms with van der Waals surface area (Å²) in [5, 5.41) is 0.651. The van der Waals surface area contributed by atoms with Crippen LogP contribution in [0, 0.1) is 0 Å². The van der Waals surface area contributed by atoms with E-state index < -0.39 is 0 Å². The number of fused-ring (bicyclic) bond motifs is 1. The lowest BCUT2D eigenvalue weighted by atomic mass is 10.1. The van der Waals surface area contributed by atoms with Crippen molar-refractivity contribution in [2.24, 2.45) is 0 Å². The molecular weight excluding hydrogens is 338 g/mol. The quantitative estimate of drug-likeness (QED) is 0.754. The summed E-state index contributed by atoms with van der Waals surface area (Å²) in [7, 11) is 0. The normalized spacial score (nSPS) is 13.0. The average Bonchev–Trinajstić information content (AvgIpc) is 2.64. The Hall–Kier alpha value is -2.46. The van der Waals surface area contributed by atoms with Gasteiger partial charge in [0.05, 0.1) is 0 Å². The molecule has 2 aromatic carbocycles. The highest BCUT2D eigenvalue weighted by atomic mass is 35.5. The number of carbonyl (C=O) groups excluding carboxylic acids is 1. The minimum Gasteiger partial charge on any atom is -0.486 e. The van der Waals surface area contributed by atoms with Crippen molar-refractivity contribution in [3.63, 3.8) is 0 Å². The number of ether oxygens (including phenoxy) is 2. The van der Waals surface area contributed by atoms with Gasteiger partial charge in [0.15, 0.2) is 11.5 Å². The third-order valence-electron chi connectivity index (χ3n) is 3.94. The highest BCUT2D eigenvalue weighted by Crippen LogP contribution is 2.31. The van der Waals surface area contributed by atoms with Gasteiger partial charge in [-0.05, 0) is 48.4 Å². The summed E-state index contributed by atoms with van der Waals surface area (Å²) in [6.07, 6.45) is 3.36. The van der Waals surface area contributed by atoms with Gasteiger partial charge in [-0.1, -0.05) is 29.8 Å². The molecule has 1 heterocycles. The molecule has 130 valence electrons. The lowest BCUT2D eigenvalue weighted by Gasteiger charge is -2.22. The van der Waals surface area contributed by atoms with Crippen LogP contribution >= 0.6 is 11.6 Å². The van der Waals surface area contributed by atoms with Gasteiger partial charge in [-0.25, -0.2) is 0 Å². The molecule has 1 aliphatic heterocycles. The molecule has 0 saturated heterocycles. The summed E-state index contributed by atoms with van der Waals surface area (Å²) in [4.78, 5) is 14.2. The second kappa shape index (κ2) is 8.08. The van der Waals surface area contributed by atoms with E-state index in [-0.39, 0.29) is 5.91 Å². The van der Waals surface area contributed by atoms with E-state index in [4.69, 9.17) is 21.1 Å². The highest BCUT2D eigenvalue weighted by molar-refractivity contribution is 6.30. The van der Waals surface area contributed by atoms with Crippen LogP contribution in [0.25, 0.3) is 6.08 Å². The zero-order chi connectivity index (χ0) is 17.6. The monoisotopic (exact) mass is 357 g/mol. The molecule has 1 amide bonds. The first-order valence-electron chi connectivity index (χ1n) is 8.27. The van der Waals surface area contributed by atoms with Crippen LogP contribution in [0.4, 0.5) is 0 Å². The van der Waals surface area contributed by atoms with E-state index in [1.165, 1.54) is 0 Å². The van der Waals surface area contributed by atoms with Crippen LogP contribution in [0.5, 0.6) is 11.5 Å². The highest BCUT2D eigenvalue weighted by Gasteiger charge is 2.14. The average molecular weight is 358 g/mol. The van der Waals surface area contributed by atoms with Gasteiger partial charge in [-0.15, -0.1) is 0 Å². The predicted octanol–water partition coefficient (Wildman–Crippen LogP) is 4.17. The molecule has 4 nitrogen and oxygen atoms in total. The van der Waals surface area contributed by atoms with Crippen molar-refractivity contribution in [3.05, 3.63) is 64.7 Å². The standard InChI is InChI=1S/C20H20ClNO3/c1-2-22(20(23)9-7-15-4-3-5-17(21)12-15)14-16-6-8-18-19(13-16)25-11-10-24-18/h3-9,12-13H,2,10-11,14H2,1H3/b9-7+. The molecular formula is C20H20ClNO3. The number of hydrogen-bond acceptors (Lipinski definition) is 3. The molecule has 5 heteroatoms. The van der Waals surface area contributed by atoms with Gasteiger partial charge < -0.3 is 14.4 Å². The number of hydrogen-bond donors (Lipinski definition) is 0. The Balaban J connectivity index is 1.68. The van der Waals surface area contributed by atoms with E-state index in [1.807, 2.05) is 43.3 Å². The first kappa shape index (κ1) is 17.4. The second-order valence-corrected chi connectivity index (χ2v) is 6.16. The topological polar surface area (TPSA) is 38.8 Å². The third kappa shape index (κ3) is 4.54. The molecule has 0 atom stereocenters. The number of amides is 1. The molecule has 0 radical (unpaired) electrons. The van der Waals surface area contributed by atoms with Crippen molar-refractivity contribution in [1.29, 1.82) is 0 Å². The summed E-state index contributed by atoms with van der Waals surface area (Å²) in [6.45, 7) is 4.22. The van der Waals surface area contributed by atoms with Crippen LogP contribution in [-0.4, -0.2) is 30.6 Å². The van der Waals surface area contributed by atoms with Gasteiger partial charge in [0.1, 0.15) is 13.2 Å². The van der Waals surface area contributed by atoms with E-state index >= 15 is 0 Å².